The number of rotatable bonds is 8. The van der Waals surface area contributed by atoms with Crippen LogP contribution in [0.15, 0.2) is 53.9 Å². The number of pyridine rings is 1. The fourth-order valence-corrected chi connectivity index (χ4v) is 5.55. The first-order valence-corrected chi connectivity index (χ1v) is 14.6. The molecule has 0 radical (unpaired) electrons. The Hall–Kier alpha value is -4.43. The molecule has 2 saturated heterocycles. The maximum Gasteiger partial charge on any atom is 0.247 e. The van der Waals surface area contributed by atoms with Gasteiger partial charge >= 0.3 is 0 Å². The first-order chi connectivity index (χ1) is 20.4. The normalized spacial score (nSPS) is 18.4. The number of hydrogen-bond donors (Lipinski definition) is 3. The highest BCUT2D eigenvalue weighted by Gasteiger charge is 2.33. The third-order valence-corrected chi connectivity index (χ3v) is 7.95. The topological polar surface area (TPSA) is 147 Å². The molecule has 11 nitrogen and oxygen atoms in total. The number of nitrogens with zero attached hydrogens (tertiary/aromatic N) is 5. The van der Waals surface area contributed by atoms with Crippen LogP contribution in [0.2, 0.25) is 5.02 Å². The number of amidine groups is 1. The van der Waals surface area contributed by atoms with Crippen molar-refractivity contribution in [2.45, 2.75) is 44.7 Å². The highest BCUT2D eigenvalue weighted by Crippen LogP contribution is 2.29. The summed E-state index contributed by atoms with van der Waals surface area (Å²) in [6.45, 7) is 2.08. The van der Waals surface area contributed by atoms with Gasteiger partial charge in [0.1, 0.15) is 11.9 Å². The van der Waals surface area contributed by atoms with Gasteiger partial charge < -0.3 is 25.4 Å². The molecular formula is C30H33ClN8O3. The second-order valence-corrected chi connectivity index (χ2v) is 10.9. The lowest BCUT2D eigenvalue weighted by Crippen LogP contribution is -2.45. The molecule has 0 saturated carbocycles. The summed E-state index contributed by atoms with van der Waals surface area (Å²) in [6.07, 6.45) is 8.74. The van der Waals surface area contributed by atoms with Crippen LogP contribution in [0.3, 0.4) is 0 Å². The van der Waals surface area contributed by atoms with Crippen molar-refractivity contribution in [1.29, 1.82) is 5.26 Å². The van der Waals surface area contributed by atoms with Crippen molar-refractivity contribution in [3.8, 4) is 6.07 Å². The van der Waals surface area contributed by atoms with Gasteiger partial charge in [-0.3, -0.25) is 24.4 Å². The fraction of sp³-hybridized carbons (Fsp3) is 0.400. The summed E-state index contributed by atoms with van der Waals surface area (Å²) < 4.78 is 0. The van der Waals surface area contributed by atoms with Crippen LogP contribution < -0.4 is 10.6 Å². The molecule has 2 aromatic heterocycles. The van der Waals surface area contributed by atoms with E-state index < -0.39 is 17.9 Å². The van der Waals surface area contributed by atoms with Gasteiger partial charge in [0.05, 0.1) is 28.8 Å². The van der Waals surface area contributed by atoms with Crippen molar-refractivity contribution in [2.24, 2.45) is 10.9 Å². The van der Waals surface area contributed by atoms with Crippen LogP contribution in [-0.2, 0) is 20.9 Å². The van der Waals surface area contributed by atoms with Crippen LogP contribution in [-0.4, -0.2) is 75.5 Å². The molecule has 4 heterocycles. The molecule has 12 heteroatoms. The summed E-state index contributed by atoms with van der Waals surface area (Å²) in [6, 6.07) is 10.2. The summed E-state index contributed by atoms with van der Waals surface area (Å²) in [5.41, 5.74) is 2.06. The molecule has 0 bridgehead atoms. The number of aromatic amines is 1. The van der Waals surface area contributed by atoms with Crippen LogP contribution >= 0.6 is 11.6 Å². The number of nitrogens with one attached hydrogen (secondary N) is 3. The number of fused-ring (bicyclic) bond motifs is 1. The number of anilines is 1. The number of benzene rings is 1. The number of carbonyl (C=O) groups excluding carboxylic acids is 3. The maximum atomic E-state index is 13.7. The average molecular weight is 589 g/mol. The van der Waals surface area contributed by atoms with Crippen LogP contribution in [0.4, 0.5) is 5.69 Å². The third-order valence-electron chi connectivity index (χ3n) is 7.64. The van der Waals surface area contributed by atoms with E-state index in [9.17, 15) is 19.6 Å². The zero-order chi connectivity index (χ0) is 29.5. The summed E-state index contributed by atoms with van der Waals surface area (Å²) in [4.78, 5) is 55.1. The van der Waals surface area contributed by atoms with Crippen LogP contribution in [0, 0.1) is 17.2 Å². The largest absolute Gasteiger partial charge is 0.358 e. The average Bonchev–Trinajstić information content (AvgIpc) is 3.65. The highest BCUT2D eigenvalue weighted by atomic mass is 35.5. The molecule has 3 aromatic rings. The Morgan fingerprint density at radius 2 is 1.90 bits per heavy atom. The predicted molar refractivity (Wildman–Crippen MR) is 160 cm³/mol. The summed E-state index contributed by atoms with van der Waals surface area (Å²) in [5, 5.41) is 17.4. The molecule has 42 heavy (non-hydrogen) atoms. The van der Waals surface area contributed by atoms with Gasteiger partial charge in [-0.05, 0) is 55.9 Å². The van der Waals surface area contributed by atoms with Gasteiger partial charge in [0.25, 0.3) is 0 Å². The highest BCUT2D eigenvalue weighted by molar-refractivity contribution is 6.36. The Labute approximate surface area is 248 Å². The molecule has 2 fully saturated rings. The minimum atomic E-state index is -1.33. The van der Waals surface area contributed by atoms with Gasteiger partial charge in [0.15, 0.2) is 5.92 Å². The van der Waals surface area contributed by atoms with Gasteiger partial charge in [0.2, 0.25) is 17.7 Å². The quantitative estimate of drug-likeness (QED) is 0.271. The molecule has 3 amide bonds. The smallest absolute Gasteiger partial charge is 0.247 e. The Bertz CT molecular complexity index is 1510. The number of likely N-dealkylation sites (tertiary alicyclic amines) is 2. The number of aromatic nitrogens is 2. The molecule has 3 N–H and O–H groups in total. The van der Waals surface area contributed by atoms with E-state index in [0.717, 1.165) is 36.6 Å². The Morgan fingerprint density at radius 1 is 1.14 bits per heavy atom. The number of hydrogen-bond acceptors (Lipinski definition) is 6. The number of aliphatic imine (C=N–C) groups is 1. The molecule has 0 spiro atoms. The fourth-order valence-electron chi connectivity index (χ4n) is 5.34. The Morgan fingerprint density at radius 3 is 2.67 bits per heavy atom. The maximum absolute atomic E-state index is 13.7. The predicted octanol–water partition coefficient (Wildman–Crippen LogP) is 3.49. The lowest BCUT2D eigenvalue weighted by atomic mass is 10.1. The summed E-state index contributed by atoms with van der Waals surface area (Å²) in [7, 11) is 0. The molecule has 2 atom stereocenters. The van der Waals surface area contributed by atoms with Crippen molar-refractivity contribution < 1.29 is 14.4 Å². The second kappa shape index (κ2) is 13.5. The number of halogens is 1. The van der Waals surface area contributed by atoms with E-state index >= 15 is 0 Å². The van der Waals surface area contributed by atoms with E-state index in [0.29, 0.717) is 42.3 Å². The molecule has 1 aromatic carbocycles. The molecule has 5 rings (SSSR count). The van der Waals surface area contributed by atoms with E-state index in [1.807, 2.05) is 6.07 Å². The van der Waals surface area contributed by atoms with Crippen LogP contribution in [0.5, 0.6) is 0 Å². The van der Waals surface area contributed by atoms with E-state index in [1.165, 1.54) is 0 Å². The summed E-state index contributed by atoms with van der Waals surface area (Å²) in [5.74, 6) is -2.18. The number of amides is 3. The Kier molecular flexibility index (Phi) is 9.34. The van der Waals surface area contributed by atoms with Gasteiger partial charge in [-0.25, -0.2) is 0 Å². The monoisotopic (exact) mass is 588 g/mol. The molecular weight excluding hydrogens is 556 g/mol. The first kappa shape index (κ1) is 29.1. The number of carbonyl (C=O) groups is 3. The molecule has 1 unspecified atom stereocenters. The SMILES string of the molecule is N#CC(C(=O)NCc1ccncc1)C(=N[C@H]1CCCCN(CC(=O)N2CCCC2)C1=O)Nc1cccc2c(Cl)c[nH]c12. The molecule has 2 aliphatic rings. The third kappa shape index (κ3) is 6.71. The van der Waals surface area contributed by atoms with Gasteiger partial charge in [-0.2, -0.15) is 5.26 Å². The van der Waals surface area contributed by atoms with E-state index in [2.05, 4.69) is 26.7 Å². The number of H-pyrrole nitrogens is 1. The lowest BCUT2D eigenvalue weighted by molar-refractivity contribution is -0.140. The first-order valence-electron chi connectivity index (χ1n) is 14.2. The van der Waals surface area contributed by atoms with E-state index in [-0.39, 0.29) is 30.7 Å². The van der Waals surface area contributed by atoms with Crippen molar-refractivity contribution >= 4 is 51.7 Å². The zero-order valence-electron chi connectivity index (χ0n) is 23.2. The van der Waals surface area contributed by atoms with E-state index in [1.54, 1.807) is 52.7 Å². The van der Waals surface area contributed by atoms with Gasteiger partial charge in [-0.15, -0.1) is 0 Å². The lowest BCUT2D eigenvalue weighted by Gasteiger charge is -2.26. The number of para-hydroxylation sites is 1. The number of nitriles is 1. The van der Waals surface area contributed by atoms with Gasteiger partial charge in [-0.1, -0.05) is 23.7 Å². The van der Waals surface area contributed by atoms with Gasteiger partial charge in [0, 0.05) is 50.2 Å². The van der Waals surface area contributed by atoms with Crippen LogP contribution in [0.1, 0.15) is 37.7 Å². The second-order valence-electron chi connectivity index (χ2n) is 10.5. The molecule has 2 aliphatic heterocycles. The van der Waals surface area contributed by atoms with Crippen molar-refractivity contribution in [3.05, 3.63) is 59.5 Å². The van der Waals surface area contributed by atoms with Crippen molar-refractivity contribution in [3.63, 3.8) is 0 Å². The Balaban J connectivity index is 1.43. The summed E-state index contributed by atoms with van der Waals surface area (Å²) >= 11 is 6.33. The molecule has 218 valence electrons. The minimum absolute atomic E-state index is 0.00198. The van der Waals surface area contributed by atoms with Crippen LogP contribution in [0.25, 0.3) is 10.9 Å². The zero-order valence-corrected chi connectivity index (χ0v) is 23.9. The molecule has 0 aliphatic carbocycles. The minimum Gasteiger partial charge on any atom is -0.358 e. The standard InChI is InChI=1S/C30H33ClN8O3/c31-23-18-34-27-21(23)6-5-8-24(27)36-28(22(16-32)29(41)35-17-20-9-11-33-12-10-20)37-25-7-1-2-15-39(30(25)42)19-26(40)38-13-3-4-14-38/h5-6,8-12,18,22,25,34H,1-4,7,13-15,17,19H2,(H,35,41)(H,36,37)/t22?,25-/m0/s1. The van der Waals surface area contributed by atoms with Crippen molar-refractivity contribution in [1.82, 2.24) is 25.1 Å². The van der Waals surface area contributed by atoms with Crippen molar-refractivity contribution in [2.75, 3.05) is 31.5 Å². The van der Waals surface area contributed by atoms with E-state index in [4.69, 9.17) is 16.6 Å².